The Hall–Kier alpha value is -1.00. The molecular weight excluding hydrogens is 266 g/mol. The molecule has 2 rings (SSSR count). The van der Waals surface area contributed by atoms with Gasteiger partial charge in [0.1, 0.15) is 5.82 Å². The van der Waals surface area contributed by atoms with Crippen LogP contribution in [-0.4, -0.2) is 23.4 Å². The highest BCUT2D eigenvalue weighted by atomic mass is 35.5. The standard InChI is InChI=1S/C13H18ClN3S/c1-10-12(9-14)13(17(3)15-10)16(2)7-6-11-5-4-8-18-11/h4-5,8H,6-7,9H2,1-3H3. The molecule has 0 atom stereocenters. The maximum atomic E-state index is 6.02. The van der Waals surface area contributed by atoms with E-state index in [2.05, 4.69) is 34.6 Å². The summed E-state index contributed by atoms with van der Waals surface area (Å²) in [5.41, 5.74) is 2.15. The van der Waals surface area contributed by atoms with E-state index >= 15 is 0 Å². The van der Waals surface area contributed by atoms with Crippen LogP contribution in [0.2, 0.25) is 0 Å². The first-order chi connectivity index (χ1) is 8.63. The summed E-state index contributed by atoms with van der Waals surface area (Å²) in [7, 11) is 4.07. The van der Waals surface area contributed by atoms with E-state index in [1.54, 1.807) is 11.3 Å². The number of rotatable bonds is 5. The Balaban J connectivity index is 2.11. The largest absolute Gasteiger partial charge is 0.359 e. The van der Waals surface area contributed by atoms with Crippen molar-refractivity contribution in [2.45, 2.75) is 19.2 Å². The first-order valence-corrected chi connectivity index (χ1v) is 7.37. The van der Waals surface area contributed by atoms with Crippen molar-refractivity contribution in [2.75, 3.05) is 18.5 Å². The Kier molecular flexibility index (Phi) is 4.30. The molecule has 98 valence electrons. The van der Waals surface area contributed by atoms with Crippen LogP contribution in [0.4, 0.5) is 5.82 Å². The predicted octanol–water partition coefficient (Wildman–Crippen LogP) is 3.21. The van der Waals surface area contributed by atoms with Crippen LogP contribution in [0.3, 0.4) is 0 Å². The highest BCUT2D eigenvalue weighted by Crippen LogP contribution is 2.24. The van der Waals surface area contributed by atoms with Gasteiger partial charge >= 0.3 is 0 Å². The molecule has 0 unspecified atom stereocenters. The molecule has 2 aromatic heterocycles. The van der Waals surface area contributed by atoms with Crippen LogP contribution in [0, 0.1) is 6.92 Å². The molecule has 3 nitrogen and oxygen atoms in total. The average molecular weight is 284 g/mol. The van der Waals surface area contributed by atoms with Crippen molar-refractivity contribution in [1.82, 2.24) is 9.78 Å². The van der Waals surface area contributed by atoms with Crippen LogP contribution >= 0.6 is 22.9 Å². The van der Waals surface area contributed by atoms with Gasteiger partial charge in [0.2, 0.25) is 0 Å². The number of alkyl halides is 1. The summed E-state index contributed by atoms with van der Waals surface area (Å²) >= 11 is 7.82. The monoisotopic (exact) mass is 283 g/mol. The molecule has 0 radical (unpaired) electrons. The van der Waals surface area contributed by atoms with Gasteiger partial charge in [-0.05, 0) is 24.8 Å². The number of halogens is 1. The topological polar surface area (TPSA) is 21.1 Å². The number of hydrogen-bond acceptors (Lipinski definition) is 3. The van der Waals surface area contributed by atoms with Crippen molar-refractivity contribution < 1.29 is 0 Å². The van der Waals surface area contributed by atoms with Crippen LogP contribution in [0.25, 0.3) is 0 Å². The smallest absolute Gasteiger partial charge is 0.130 e. The lowest BCUT2D eigenvalue weighted by molar-refractivity contribution is 0.724. The fourth-order valence-corrected chi connectivity index (χ4v) is 3.17. The molecule has 5 heteroatoms. The molecule has 0 spiro atoms. The molecular formula is C13H18ClN3S. The Morgan fingerprint density at radius 1 is 1.50 bits per heavy atom. The third-order valence-electron chi connectivity index (χ3n) is 3.08. The van der Waals surface area contributed by atoms with Crippen LogP contribution in [-0.2, 0) is 19.3 Å². The van der Waals surface area contributed by atoms with E-state index in [9.17, 15) is 0 Å². The van der Waals surface area contributed by atoms with E-state index in [-0.39, 0.29) is 0 Å². The Morgan fingerprint density at radius 3 is 2.89 bits per heavy atom. The molecule has 0 amide bonds. The molecule has 0 saturated carbocycles. The first-order valence-electron chi connectivity index (χ1n) is 5.95. The van der Waals surface area contributed by atoms with E-state index in [4.69, 9.17) is 11.6 Å². The number of aromatic nitrogens is 2. The second-order valence-corrected chi connectivity index (χ2v) is 5.70. The summed E-state index contributed by atoms with van der Waals surface area (Å²) in [6.45, 7) is 2.98. The maximum Gasteiger partial charge on any atom is 0.130 e. The third kappa shape index (κ3) is 2.70. The zero-order chi connectivity index (χ0) is 13.1. The second-order valence-electron chi connectivity index (χ2n) is 4.40. The number of aryl methyl sites for hydroxylation is 2. The number of hydrogen-bond donors (Lipinski definition) is 0. The van der Waals surface area contributed by atoms with Crippen LogP contribution in [0.15, 0.2) is 17.5 Å². The summed E-state index contributed by atoms with van der Waals surface area (Å²) in [5.74, 6) is 1.64. The maximum absolute atomic E-state index is 6.02. The zero-order valence-corrected chi connectivity index (χ0v) is 12.6. The SMILES string of the molecule is Cc1nn(C)c(N(C)CCc2cccs2)c1CCl. The van der Waals surface area contributed by atoms with Gasteiger partial charge in [-0.15, -0.1) is 22.9 Å². The molecule has 0 saturated heterocycles. The second kappa shape index (κ2) is 5.76. The Bertz CT molecular complexity index is 505. The van der Waals surface area contributed by atoms with Crippen molar-refractivity contribution >= 4 is 28.8 Å². The molecule has 18 heavy (non-hydrogen) atoms. The lowest BCUT2D eigenvalue weighted by Crippen LogP contribution is -2.23. The minimum Gasteiger partial charge on any atom is -0.359 e. The number of thiophene rings is 1. The molecule has 0 N–H and O–H groups in total. The third-order valence-corrected chi connectivity index (χ3v) is 4.29. The molecule has 0 bridgehead atoms. The zero-order valence-electron chi connectivity index (χ0n) is 11.0. The lowest BCUT2D eigenvalue weighted by atomic mass is 10.2. The van der Waals surface area contributed by atoms with Crippen LogP contribution < -0.4 is 4.90 Å². The van der Waals surface area contributed by atoms with E-state index < -0.39 is 0 Å². The van der Waals surface area contributed by atoms with Gasteiger partial charge in [0.05, 0.1) is 11.6 Å². The van der Waals surface area contributed by atoms with Gasteiger partial charge < -0.3 is 4.90 Å². The highest BCUT2D eigenvalue weighted by molar-refractivity contribution is 7.09. The van der Waals surface area contributed by atoms with Crippen molar-refractivity contribution in [3.8, 4) is 0 Å². The molecule has 0 aromatic carbocycles. The quantitative estimate of drug-likeness (QED) is 0.786. The van der Waals surface area contributed by atoms with Gasteiger partial charge in [-0.2, -0.15) is 5.10 Å². The molecule has 0 aliphatic heterocycles. The Morgan fingerprint density at radius 2 is 2.28 bits per heavy atom. The average Bonchev–Trinajstić information content (AvgIpc) is 2.93. The summed E-state index contributed by atoms with van der Waals surface area (Å²) in [6, 6.07) is 4.27. The van der Waals surface area contributed by atoms with E-state index in [0.29, 0.717) is 5.88 Å². The Labute approximate surface area is 117 Å². The lowest BCUT2D eigenvalue weighted by Gasteiger charge is -2.20. The summed E-state index contributed by atoms with van der Waals surface area (Å²) in [5, 5.41) is 6.56. The van der Waals surface area contributed by atoms with Gasteiger partial charge in [0.15, 0.2) is 0 Å². The number of likely N-dealkylation sites (N-methyl/N-ethyl adjacent to an activating group) is 1. The normalized spacial score (nSPS) is 10.9. The van der Waals surface area contributed by atoms with Crippen molar-refractivity contribution in [1.29, 1.82) is 0 Å². The van der Waals surface area contributed by atoms with E-state index in [0.717, 1.165) is 30.0 Å². The number of nitrogens with zero attached hydrogens (tertiary/aromatic N) is 3. The molecule has 2 heterocycles. The van der Waals surface area contributed by atoms with E-state index in [1.807, 2.05) is 18.7 Å². The van der Waals surface area contributed by atoms with Gasteiger partial charge in [-0.3, -0.25) is 4.68 Å². The fraction of sp³-hybridized carbons (Fsp3) is 0.462. The summed E-state index contributed by atoms with van der Waals surface area (Å²) < 4.78 is 1.92. The van der Waals surface area contributed by atoms with Gasteiger partial charge in [-0.25, -0.2) is 0 Å². The molecule has 0 aliphatic carbocycles. The van der Waals surface area contributed by atoms with Gasteiger partial charge in [0.25, 0.3) is 0 Å². The van der Waals surface area contributed by atoms with Crippen molar-refractivity contribution in [2.24, 2.45) is 7.05 Å². The predicted molar refractivity (Wildman–Crippen MR) is 78.8 cm³/mol. The van der Waals surface area contributed by atoms with E-state index in [1.165, 1.54) is 4.88 Å². The van der Waals surface area contributed by atoms with Crippen molar-refractivity contribution in [3.05, 3.63) is 33.6 Å². The first kappa shape index (κ1) is 13.4. The van der Waals surface area contributed by atoms with Gasteiger partial charge in [-0.1, -0.05) is 6.07 Å². The van der Waals surface area contributed by atoms with Crippen LogP contribution in [0.5, 0.6) is 0 Å². The summed E-state index contributed by atoms with van der Waals surface area (Å²) in [4.78, 5) is 3.64. The fourth-order valence-electron chi connectivity index (χ4n) is 2.16. The van der Waals surface area contributed by atoms with Crippen LogP contribution in [0.1, 0.15) is 16.1 Å². The molecule has 0 aliphatic rings. The molecule has 0 fully saturated rings. The highest BCUT2D eigenvalue weighted by Gasteiger charge is 2.15. The van der Waals surface area contributed by atoms with Gasteiger partial charge in [0, 0.05) is 31.1 Å². The molecule has 2 aromatic rings. The number of anilines is 1. The minimum atomic E-state index is 0.512. The summed E-state index contributed by atoms with van der Waals surface area (Å²) in [6.07, 6.45) is 1.06. The minimum absolute atomic E-state index is 0.512. The van der Waals surface area contributed by atoms with Crippen molar-refractivity contribution in [3.63, 3.8) is 0 Å².